The fourth-order valence-corrected chi connectivity index (χ4v) is 8.96. The number of amides is 4. The number of methoxy groups -OCH3 is 3. The summed E-state index contributed by atoms with van der Waals surface area (Å²) in [7, 11) is 4.05. The minimum absolute atomic E-state index is 0.0284. The summed E-state index contributed by atoms with van der Waals surface area (Å²) in [5.41, 5.74) is 6.51. The van der Waals surface area contributed by atoms with Crippen molar-refractivity contribution in [1.82, 2.24) is 40.4 Å². The lowest BCUT2D eigenvalue weighted by atomic mass is 9.92. The van der Waals surface area contributed by atoms with Gasteiger partial charge in [-0.2, -0.15) is 0 Å². The van der Waals surface area contributed by atoms with E-state index >= 15 is 0 Å². The Kier molecular flexibility index (Phi) is 11.2. The maximum atomic E-state index is 14.0. The Morgan fingerprint density at radius 2 is 1.62 bits per heavy atom. The topological polar surface area (TPSA) is 193 Å². The van der Waals surface area contributed by atoms with Crippen molar-refractivity contribution < 1.29 is 38.1 Å². The second-order valence-corrected chi connectivity index (χ2v) is 16.3. The average molecular weight is 821 g/mol. The first kappa shape index (κ1) is 40.6. The molecule has 4 amide bonds. The van der Waals surface area contributed by atoms with E-state index < -0.39 is 30.4 Å². The summed E-state index contributed by atoms with van der Waals surface area (Å²) in [4.78, 5) is 72.3. The number of rotatable bonds is 10. The minimum Gasteiger partial charge on any atom is -0.488 e. The molecule has 2 fully saturated rings. The van der Waals surface area contributed by atoms with Gasteiger partial charge in [0.15, 0.2) is 0 Å². The lowest BCUT2D eigenvalue weighted by Gasteiger charge is -2.32. The molecule has 2 saturated heterocycles. The monoisotopic (exact) mass is 820 g/mol. The number of aromatic nitrogens is 4. The van der Waals surface area contributed by atoms with Crippen molar-refractivity contribution in [3.05, 3.63) is 65.9 Å². The van der Waals surface area contributed by atoms with Crippen LogP contribution >= 0.6 is 0 Å². The van der Waals surface area contributed by atoms with Gasteiger partial charge in [0.25, 0.3) is 0 Å². The minimum atomic E-state index is -0.910. The number of H-pyrrole nitrogens is 2. The summed E-state index contributed by atoms with van der Waals surface area (Å²) in [6.45, 7) is 8.48. The summed E-state index contributed by atoms with van der Waals surface area (Å²) in [6, 6.07) is 12.3. The van der Waals surface area contributed by atoms with Crippen molar-refractivity contribution in [1.29, 1.82) is 0 Å². The van der Waals surface area contributed by atoms with Crippen molar-refractivity contribution >= 4 is 45.8 Å². The summed E-state index contributed by atoms with van der Waals surface area (Å²) < 4.78 is 21.4. The Hall–Kier alpha value is -6.16. The summed E-state index contributed by atoms with van der Waals surface area (Å²) in [5.74, 6) is 1.60. The fourth-order valence-electron chi connectivity index (χ4n) is 8.96. The average Bonchev–Trinajstić information content (AvgIpc) is 4.09. The van der Waals surface area contributed by atoms with Gasteiger partial charge in [-0.15, -0.1) is 0 Å². The molecule has 0 radical (unpaired) electrons. The number of nitrogens with one attached hydrogen (secondary N) is 4. The number of carbonyl (C=O) groups is 4. The Morgan fingerprint density at radius 3 is 2.35 bits per heavy atom. The molecule has 2 aromatic heterocycles. The molecule has 3 aromatic carbocycles. The Morgan fingerprint density at radius 1 is 0.850 bits per heavy atom. The molecule has 5 heterocycles. The van der Waals surface area contributed by atoms with Crippen LogP contribution in [-0.4, -0.2) is 106 Å². The molecule has 4 N–H and O–H groups in total. The second kappa shape index (κ2) is 16.5. The molecule has 5 aromatic rings. The number of alkyl carbamates (subject to hydrolysis) is 2. The number of benzene rings is 3. The standard InChI is InChI=1S/C44H52N8O8/c1-22(2)36(49-43(55)58-6)42(54)52-23(3)10-15-34(52)40-46-31-14-12-25-18-30-28-13-11-26(17-27(28)21-60-35(30)19-29(25)38(31)48-40)32-20-45-39(47-32)33-9-8-16-51(33)41(53)37(24(4)57-5)50-44(56)59-7/h11-14,17-20,22-24,33-34,36-37H,8-10,15-16,21H2,1-7H3,(H,45,47)(H,46,48)(H,49,55)(H,50,56)/t23-,24+,33-,34-,36-,37-/m0/s1. The number of nitrogens with zero attached hydrogens (tertiary/aromatic N) is 4. The van der Waals surface area contributed by atoms with E-state index in [1.807, 2.05) is 31.7 Å². The summed E-state index contributed by atoms with van der Waals surface area (Å²) >= 11 is 0. The van der Waals surface area contributed by atoms with Gasteiger partial charge in [0, 0.05) is 30.6 Å². The van der Waals surface area contributed by atoms with Gasteiger partial charge in [0.05, 0.1) is 55.3 Å². The first-order valence-electron chi connectivity index (χ1n) is 20.5. The van der Waals surface area contributed by atoms with Gasteiger partial charge in [-0.3, -0.25) is 9.59 Å². The highest BCUT2D eigenvalue weighted by atomic mass is 16.5. The Bertz CT molecular complexity index is 2460. The SMILES string of the molecule is COC(=O)N[C@H](C(=O)N1[C@@H](C)CC[C@H]1c1nc2c(ccc3cc4c(cc32)OCc2cc(-c3cnc([C@@H]5CCCN5C(=O)[C@@H](NC(=O)OC)[C@@H](C)OC)[nH]3)ccc2-4)[nH]1)C(C)C. The third kappa shape index (κ3) is 7.37. The van der Waals surface area contributed by atoms with Crippen molar-refractivity contribution in [3.8, 4) is 28.1 Å². The van der Waals surface area contributed by atoms with Gasteiger partial charge >= 0.3 is 12.2 Å². The van der Waals surface area contributed by atoms with Crippen LogP contribution in [0.1, 0.15) is 82.7 Å². The van der Waals surface area contributed by atoms with E-state index in [1.165, 1.54) is 21.3 Å². The van der Waals surface area contributed by atoms with E-state index in [-0.39, 0.29) is 35.9 Å². The van der Waals surface area contributed by atoms with Crippen LogP contribution in [0.5, 0.6) is 5.75 Å². The normalized spacial score (nSPS) is 20.0. The van der Waals surface area contributed by atoms with E-state index in [0.29, 0.717) is 24.8 Å². The van der Waals surface area contributed by atoms with Crippen LogP contribution in [0, 0.1) is 5.92 Å². The van der Waals surface area contributed by atoms with Crippen molar-refractivity contribution in [3.63, 3.8) is 0 Å². The number of hydrogen-bond donors (Lipinski definition) is 4. The third-order valence-corrected chi connectivity index (χ3v) is 12.3. The first-order chi connectivity index (χ1) is 28.9. The number of ether oxygens (including phenoxy) is 4. The van der Waals surface area contributed by atoms with E-state index in [2.05, 4.69) is 57.0 Å². The van der Waals surface area contributed by atoms with E-state index in [4.69, 9.17) is 28.9 Å². The number of aromatic amines is 2. The van der Waals surface area contributed by atoms with Crippen molar-refractivity contribution in [2.24, 2.45) is 5.92 Å². The van der Waals surface area contributed by atoms with Crippen LogP contribution in [0.4, 0.5) is 9.59 Å². The highest BCUT2D eigenvalue weighted by Crippen LogP contribution is 2.44. The lowest BCUT2D eigenvalue weighted by molar-refractivity contribution is -0.138. The molecule has 60 heavy (non-hydrogen) atoms. The first-order valence-corrected chi connectivity index (χ1v) is 20.5. The van der Waals surface area contributed by atoms with Gasteiger partial charge in [-0.25, -0.2) is 19.6 Å². The number of fused-ring (bicyclic) bond motifs is 6. The predicted octanol–water partition coefficient (Wildman–Crippen LogP) is 6.52. The lowest BCUT2D eigenvalue weighted by Crippen LogP contribution is -2.54. The second-order valence-electron chi connectivity index (χ2n) is 16.3. The van der Waals surface area contributed by atoms with Crippen LogP contribution in [0.15, 0.2) is 48.7 Å². The molecule has 316 valence electrons. The molecule has 3 aliphatic rings. The fraction of sp³-hybridized carbons (Fsp3) is 0.455. The quantitative estimate of drug-likeness (QED) is 0.121. The molecule has 0 saturated carbocycles. The number of imidazole rings is 2. The molecule has 16 heteroatoms. The molecule has 6 atom stereocenters. The maximum Gasteiger partial charge on any atom is 0.407 e. The smallest absolute Gasteiger partial charge is 0.407 e. The Labute approximate surface area is 347 Å². The van der Waals surface area contributed by atoms with Gasteiger partial charge in [-0.1, -0.05) is 32.0 Å². The highest BCUT2D eigenvalue weighted by molar-refractivity contribution is 6.07. The zero-order chi connectivity index (χ0) is 42.4. The molecule has 3 aliphatic heterocycles. The van der Waals surface area contributed by atoms with Crippen molar-refractivity contribution in [2.75, 3.05) is 27.9 Å². The number of carbonyl (C=O) groups excluding carboxylic acids is 4. The maximum absolute atomic E-state index is 14.0. The van der Waals surface area contributed by atoms with Crippen LogP contribution in [0.2, 0.25) is 0 Å². The zero-order valence-electron chi connectivity index (χ0n) is 35.0. The Balaban J connectivity index is 1.04. The van der Waals surface area contributed by atoms with Crippen LogP contribution < -0.4 is 15.4 Å². The molecular weight excluding hydrogens is 769 g/mol. The number of likely N-dealkylation sites (tertiary alicyclic amines) is 2. The largest absolute Gasteiger partial charge is 0.488 e. The van der Waals surface area contributed by atoms with E-state index in [0.717, 1.165) is 81.2 Å². The third-order valence-electron chi connectivity index (χ3n) is 12.3. The summed E-state index contributed by atoms with van der Waals surface area (Å²) in [5, 5.41) is 7.31. The van der Waals surface area contributed by atoms with E-state index in [9.17, 15) is 19.2 Å². The molecule has 0 unspecified atom stereocenters. The van der Waals surface area contributed by atoms with E-state index in [1.54, 1.807) is 18.0 Å². The predicted molar refractivity (Wildman–Crippen MR) is 223 cm³/mol. The number of hydrogen-bond acceptors (Lipinski definition) is 10. The molecule has 0 spiro atoms. The molecule has 0 bridgehead atoms. The van der Waals surface area contributed by atoms with Gasteiger partial charge in [0.2, 0.25) is 11.8 Å². The highest BCUT2D eigenvalue weighted by Gasteiger charge is 2.42. The van der Waals surface area contributed by atoms with Gasteiger partial charge < -0.3 is 49.3 Å². The van der Waals surface area contributed by atoms with Crippen LogP contribution in [-0.2, 0) is 30.4 Å². The molecule has 8 rings (SSSR count). The van der Waals surface area contributed by atoms with Gasteiger partial charge in [-0.05, 0) is 91.8 Å². The van der Waals surface area contributed by atoms with Crippen LogP contribution in [0.25, 0.3) is 44.2 Å². The molecule has 0 aliphatic carbocycles. The van der Waals surface area contributed by atoms with Crippen molar-refractivity contribution in [2.45, 2.75) is 96.3 Å². The summed E-state index contributed by atoms with van der Waals surface area (Å²) in [6.07, 6.45) is 2.97. The zero-order valence-corrected chi connectivity index (χ0v) is 35.0. The van der Waals surface area contributed by atoms with Gasteiger partial charge in [0.1, 0.15) is 36.1 Å². The van der Waals surface area contributed by atoms with Crippen LogP contribution in [0.3, 0.4) is 0 Å². The molecular formula is C44H52N8O8. The molecule has 16 nitrogen and oxygen atoms in total.